The molecule has 1 amide bonds. The zero-order valence-corrected chi connectivity index (χ0v) is 17.2. The van der Waals surface area contributed by atoms with E-state index < -0.39 is 5.91 Å². The highest BCUT2D eigenvalue weighted by Gasteiger charge is 2.07. The molecular weight excluding hydrogens is 372 g/mol. The maximum atomic E-state index is 11.2. The van der Waals surface area contributed by atoms with Gasteiger partial charge in [0.15, 0.2) is 0 Å². The number of amides is 1. The number of nitrogens with zero attached hydrogens (tertiary/aromatic N) is 2. The second kappa shape index (κ2) is 12.2. The Balaban J connectivity index is 2.12. The monoisotopic (exact) mass is 400 g/mol. The molecule has 0 saturated heterocycles. The Labute approximate surface area is 171 Å². The summed E-state index contributed by atoms with van der Waals surface area (Å²) in [5.41, 5.74) is 4.44. The zero-order chi connectivity index (χ0) is 20.2. The molecule has 7 heteroatoms. The molecule has 2 aromatic rings. The fourth-order valence-corrected chi connectivity index (χ4v) is 3.66. The maximum absolute atomic E-state index is 11.2. The molecule has 1 aromatic carbocycles. The van der Waals surface area contributed by atoms with Gasteiger partial charge in [-0.05, 0) is 49.0 Å². The Kier molecular flexibility index (Phi) is 9.54. The van der Waals surface area contributed by atoms with Crippen molar-refractivity contribution in [1.82, 2.24) is 15.4 Å². The molecule has 0 aliphatic rings. The highest BCUT2D eigenvalue weighted by atomic mass is 32.2. The summed E-state index contributed by atoms with van der Waals surface area (Å²) in [6, 6.07) is 11.9. The number of benzene rings is 1. The summed E-state index contributed by atoms with van der Waals surface area (Å²) >= 11 is 1.81. The lowest BCUT2D eigenvalue weighted by atomic mass is 10.2. The normalized spacial score (nSPS) is 11.1. The number of hydrogen-bond acceptors (Lipinski definition) is 6. The standard InChI is InChI=1S/C21H28N4O2S/c1-3-25(4-2)13-14-28-20-10-8-17(9-11-21(26)24-27)15-19(20)23-16-18-7-5-6-12-22-18/h5-12,15,23,27H,3-4,13-14,16H2,1-2H3,(H,24,26)/b11-9+. The first-order valence-corrected chi connectivity index (χ1v) is 10.4. The Morgan fingerprint density at radius 2 is 2.07 bits per heavy atom. The molecular formula is C21H28N4O2S. The lowest BCUT2D eigenvalue weighted by Gasteiger charge is -2.18. The summed E-state index contributed by atoms with van der Waals surface area (Å²) < 4.78 is 0. The molecule has 3 N–H and O–H groups in total. The topological polar surface area (TPSA) is 77.5 Å². The van der Waals surface area contributed by atoms with Crippen LogP contribution in [0.1, 0.15) is 25.1 Å². The average molecular weight is 401 g/mol. The molecule has 1 heterocycles. The van der Waals surface area contributed by atoms with Crippen molar-refractivity contribution in [3.05, 3.63) is 59.9 Å². The van der Waals surface area contributed by atoms with Crippen LogP contribution in [0.4, 0.5) is 5.69 Å². The van der Waals surface area contributed by atoms with Crippen molar-refractivity contribution in [2.24, 2.45) is 0 Å². The van der Waals surface area contributed by atoms with Crippen LogP contribution in [0.5, 0.6) is 0 Å². The van der Waals surface area contributed by atoms with Crippen LogP contribution in [-0.2, 0) is 11.3 Å². The first-order chi connectivity index (χ1) is 13.7. The van der Waals surface area contributed by atoms with Crippen LogP contribution in [0.2, 0.25) is 0 Å². The molecule has 0 unspecified atom stereocenters. The number of anilines is 1. The highest BCUT2D eigenvalue weighted by molar-refractivity contribution is 7.99. The third-order valence-electron chi connectivity index (χ3n) is 4.29. The second-order valence-corrected chi connectivity index (χ2v) is 7.25. The van der Waals surface area contributed by atoms with Crippen LogP contribution in [0, 0.1) is 0 Å². The van der Waals surface area contributed by atoms with Crippen LogP contribution in [0.15, 0.2) is 53.6 Å². The Hall–Kier alpha value is -2.35. The van der Waals surface area contributed by atoms with Crippen LogP contribution >= 0.6 is 11.8 Å². The Bertz CT molecular complexity index is 764. The summed E-state index contributed by atoms with van der Waals surface area (Å²) in [5.74, 6) is 0.447. The van der Waals surface area contributed by atoms with Crippen LogP contribution in [-0.4, -0.2) is 46.4 Å². The van der Waals surface area contributed by atoms with Gasteiger partial charge in [0, 0.05) is 35.2 Å². The van der Waals surface area contributed by atoms with Gasteiger partial charge >= 0.3 is 0 Å². The molecule has 1 aromatic heterocycles. The number of nitrogens with one attached hydrogen (secondary N) is 2. The summed E-state index contributed by atoms with van der Waals surface area (Å²) in [6.07, 6.45) is 4.75. The number of pyridine rings is 1. The van der Waals surface area contributed by atoms with Crippen molar-refractivity contribution in [3.8, 4) is 0 Å². The predicted octanol–water partition coefficient (Wildman–Crippen LogP) is 3.65. The number of aromatic nitrogens is 1. The number of carbonyl (C=O) groups is 1. The minimum absolute atomic E-state index is 0.555. The Morgan fingerprint density at radius 3 is 2.75 bits per heavy atom. The van der Waals surface area contributed by atoms with E-state index in [-0.39, 0.29) is 0 Å². The molecule has 2 rings (SSSR count). The third-order valence-corrected chi connectivity index (χ3v) is 5.34. The molecule has 0 aliphatic carbocycles. The minimum atomic E-state index is -0.555. The molecule has 0 fully saturated rings. The number of hydroxylamine groups is 1. The first-order valence-electron chi connectivity index (χ1n) is 9.41. The number of thioether (sulfide) groups is 1. The van der Waals surface area contributed by atoms with Crippen LogP contribution in [0.25, 0.3) is 6.08 Å². The van der Waals surface area contributed by atoms with Gasteiger partial charge in [-0.25, -0.2) is 5.48 Å². The minimum Gasteiger partial charge on any atom is -0.378 e. The van der Waals surface area contributed by atoms with Crippen molar-refractivity contribution in [1.29, 1.82) is 0 Å². The largest absolute Gasteiger partial charge is 0.378 e. The number of carbonyl (C=O) groups excluding carboxylic acids is 1. The van der Waals surface area contributed by atoms with E-state index in [2.05, 4.69) is 35.1 Å². The smallest absolute Gasteiger partial charge is 0.267 e. The van der Waals surface area contributed by atoms with Gasteiger partial charge in [-0.1, -0.05) is 26.0 Å². The fraction of sp³-hybridized carbons (Fsp3) is 0.333. The molecule has 0 spiro atoms. The molecule has 0 aliphatic heterocycles. The number of hydrogen-bond donors (Lipinski definition) is 3. The van der Waals surface area contributed by atoms with Gasteiger partial charge in [0.05, 0.1) is 12.2 Å². The van der Waals surface area contributed by atoms with Crippen molar-refractivity contribution in [3.63, 3.8) is 0 Å². The summed E-state index contributed by atoms with van der Waals surface area (Å²) in [5, 5.41) is 12.1. The maximum Gasteiger partial charge on any atom is 0.267 e. The van der Waals surface area contributed by atoms with E-state index in [0.717, 1.165) is 47.2 Å². The zero-order valence-electron chi connectivity index (χ0n) is 16.4. The van der Waals surface area contributed by atoms with E-state index in [1.165, 1.54) is 6.08 Å². The van der Waals surface area contributed by atoms with E-state index in [0.29, 0.717) is 6.54 Å². The van der Waals surface area contributed by atoms with Gasteiger partial charge in [-0.3, -0.25) is 15.0 Å². The highest BCUT2D eigenvalue weighted by Crippen LogP contribution is 2.29. The predicted molar refractivity (Wildman–Crippen MR) is 115 cm³/mol. The first kappa shape index (κ1) is 21.9. The summed E-state index contributed by atoms with van der Waals surface area (Å²) in [6.45, 7) is 8.12. The quantitative estimate of drug-likeness (QED) is 0.231. The fourth-order valence-electron chi connectivity index (χ4n) is 2.64. The van der Waals surface area contributed by atoms with E-state index in [4.69, 9.17) is 5.21 Å². The third kappa shape index (κ3) is 7.34. The van der Waals surface area contributed by atoms with Gasteiger partial charge in [0.25, 0.3) is 5.91 Å². The summed E-state index contributed by atoms with van der Waals surface area (Å²) in [4.78, 5) is 19.1. The van der Waals surface area contributed by atoms with E-state index >= 15 is 0 Å². The molecule has 6 nitrogen and oxygen atoms in total. The van der Waals surface area contributed by atoms with E-state index in [1.54, 1.807) is 17.8 Å². The second-order valence-electron chi connectivity index (χ2n) is 6.11. The lowest BCUT2D eigenvalue weighted by molar-refractivity contribution is -0.124. The van der Waals surface area contributed by atoms with Crippen LogP contribution < -0.4 is 10.8 Å². The van der Waals surface area contributed by atoms with Gasteiger partial charge in [0.1, 0.15) is 0 Å². The summed E-state index contributed by atoms with van der Waals surface area (Å²) in [7, 11) is 0. The molecule has 150 valence electrons. The van der Waals surface area contributed by atoms with E-state index in [1.807, 2.05) is 42.1 Å². The van der Waals surface area contributed by atoms with E-state index in [9.17, 15) is 4.79 Å². The molecule has 0 atom stereocenters. The van der Waals surface area contributed by atoms with Crippen molar-refractivity contribution in [2.75, 3.05) is 30.7 Å². The molecule has 0 radical (unpaired) electrons. The average Bonchev–Trinajstić information content (AvgIpc) is 2.75. The number of rotatable bonds is 11. The Morgan fingerprint density at radius 1 is 1.25 bits per heavy atom. The van der Waals surface area contributed by atoms with Gasteiger partial charge < -0.3 is 10.2 Å². The van der Waals surface area contributed by atoms with Crippen molar-refractivity contribution in [2.45, 2.75) is 25.3 Å². The van der Waals surface area contributed by atoms with Crippen LogP contribution in [0.3, 0.4) is 0 Å². The molecule has 0 bridgehead atoms. The molecule has 0 saturated carbocycles. The van der Waals surface area contributed by atoms with Crippen molar-refractivity contribution >= 4 is 29.4 Å². The van der Waals surface area contributed by atoms with Gasteiger partial charge in [-0.15, -0.1) is 11.8 Å². The lowest BCUT2D eigenvalue weighted by Crippen LogP contribution is -2.25. The SMILES string of the molecule is CCN(CC)CCSc1ccc(/C=C/C(=O)NO)cc1NCc1ccccn1. The van der Waals surface area contributed by atoms with Gasteiger partial charge in [0.2, 0.25) is 0 Å². The van der Waals surface area contributed by atoms with Gasteiger partial charge in [-0.2, -0.15) is 0 Å². The molecule has 28 heavy (non-hydrogen) atoms. The van der Waals surface area contributed by atoms with Crippen molar-refractivity contribution < 1.29 is 10.0 Å².